The summed E-state index contributed by atoms with van der Waals surface area (Å²) in [4.78, 5) is 152. The zero-order chi connectivity index (χ0) is 78.8. The van der Waals surface area contributed by atoms with Gasteiger partial charge in [0, 0.05) is 6.42 Å². The maximum absolute atomic E-state index is 15.4. The maximum atomic E-state index is 15.4. The molecule has 588 valence electrons. The molecule has 0 amide bonds. The van der Waals surface area contributed by atoms with Crippen LogP contribution in [0.1, 0.15) is 19.8 Å². The van der Waals surface area contributed by atoms with Gasteiger partial charge in [0.25, 0.3) is 5.90 Å². The third kappa shape index (κ3) is 30.6. The molecule has 0 N–H and O–H groups in total. The highest BCUT2D eigenvalue weighted by atomic mass is 19.4. The number of hydrogen-bond donors (Lipinski definition) is 0. The predicted molar refractivity (Wildman–Crippen MR) is 347 cm³/mol. The third-order valence-electron chi connectivity index (χ3n) is 13.1. The SMILES string of the molecule is C=CCOC(=O)OC[C@H]1O[C@H](OC[C@H]2OC(OC(=Nc3ccccc3)C(F)(F)F)[C@H](OC(=O)OCC=C)[C@@H](OC(=O)OCC=C)[C@H]2OC(=O)OCC=C)[C@H](O[C@H]2O[C@H](COC(=O)CCC(C)=O)[C@@H](OC(=O)OCC=C)[C@H](OC(=O)OCC=C)[C@@H]2OC(=O)OCC=C)[C@@H](OC(=O)OCC=C)[C@H]1OC(=O)OCC=C. The van der Waals surface area contributed by atoms with Gasteiger partial charge in [-0.3, -0.25) is 4.79 Å². The summed E-state index contributed by atoms with van der Waals surface area (Å²) in [6.07, 6.45) is -49.5. The number of benzene rings is 1. The molecule has 1 aromatic carbocycles. The second kappa shape index (κ2) is 47.1. The number of aliphatic imine (C=N–C) groups is 1. The zero-order valence-electron chi connectivity index (χ0n) is 57.3. The molecule has 15 atom stereocenters. The van der Waals surface area contributed by atoms with Crippen LogP contribution in [0.15, 0.2) is 149 Å². The van der Waals surface area contributed by atoms with Gasteiger partial charge in [-0.1, -0.05) is 132 Å². The first-order chi connectivity index (χ1) is 51.3. The summed E-state index contributed by atoms with van der Waals surface area (Å²) in [5.74, 6) is -3.79. The number of Topliss-reactive ketones (excluding diaryl/α,β-unsaturated/α-hetero) is 1. The Kier molecular flexibility index (Phi) is 38.7. The molecule has 3 saturated heterocycles. The number of carbonyl (C=O) groups is 11. The maximum Gasteiger partial charge on any atom is 0.509 e. The molecule has 0 aromatic heterocycles. The number of ketones is 1. The Hall–Kier alpha value is -11.5. The van der Waals surface area contributed by atoms with Crippen LogP contribution >= 0.6 is 0 Å². The summed E-state index contributed by atoms with van der Waals surface area (Å²) in [5.41, 5.74) is -0.417. The Morgan fingerprint density at radius 3 is 1.04 bits per heavy atom. The van der Waals surface area contributed by atoms with Crippen LogP contribution < -0.4 is 0 Å². The molecule has 0 bridgehead atoms. The van der Waals surface area contributed by atoms with Crippen LogP contribution in [0.4, 0.5) is 62.0 Å². The highest BCUT2D eigenvalue weighted by Crippen LogP contribution is 2.39. The van der Waals surface area contributed by atoms with Crippen LogP contribution in [0.3, 0.4) is 0 Å². The van der Waals surface area contributed by atoms with Gasteiger partial charge < -0.3 is 123 Å². The molecule has 37 nitrogen and oxygen atoms in total. The van der Waals surface area contributed by atoms with Gasteiger partial charge in [0.1, 0.15) is 96.8 Å². The van der Waals surface area contributed by atoms with Crippen LogP contribution in [-0.2, 0) is 128 Å². The van der Waals surface area contributed by atoms with Crippen molar-refractivity contribution in [1.82, 2.24) is 0 Å². The zero-order valence-corrected chi connectivity index (χ0v) is 57.3. The van der Waals surface area contributed by atoms with Gasteiger partial charge in [-0.15, -0.1) is 0 Å². The summed E-state index contributed by atoms with van der Waals surface area (Å²) in [7, 11) is 0. The van der Waals surface area contributed by atoms with Crippen molar-refractivity contribution < 1.29 is 184 Å². The Morgan fingerprint density at radius 2 is 0.673 bits per heavy atom. The Balaban J connectivity index is 2.23. The average Bonchev–Trinajstić information content (AvgIpc) is 0.766. The number of esters is 1. The number of nitrogens with zero attached hydrogens (tertiary/aromatic N) is 1. The normalized spacial score (nSPS) is 23.6. The van der Waals surface area contributed by atoms with Crippen LogP contribution in [0.2, 0.25) is 0 Å². The molecular weight excluding hydrogens is 1450 g/mol. The molecule has 40 heteroatoms. The lowest BCUT2D eigenvalue weighted by Crippen LogP contribution is -2.68. The van der Waals surface area contributed by atoms with E-state index in [1.54, 1.807) is 0 Å². The fourth-order valence-corrected chi connectivity index (χ4v) is 8.85. The largest absolute Gasteiger partial charge is 0.509 e. The Labute approximate surface area is 607 Å². The summed E-state index contributed by atoms with van der Waals surface area (Å²) in [6, 6.07) is 6.19. The second-order valence-corrected chi connectivity index (χ2v) is 20.9. The lowest BCUT2D eigenvalue weighted by atomic mass is 9.96. The van der Waals surface area contributed by atoms with Crippen LogP contribution in [0.5, 0.6) is 0 Å². The van der Waals surface area contributed by atoms with E-state index in [-0.39, 0.29) is 0 Å². The predicted octanol–water partition coefficient (Wildman–Crippen LogP) is 8.79. The van der Waals surface area contributed by atoms with Crippen molar-refractivity contribution in [3.63, 3.8) is 0 Å². The van der Waals surface area contributed by atoms with Gasteiger partial charge in [-0.25, -0.2) is 48.1 Å². The standard InChI is InChI=1S/C67H78F3NO36/c1-11-27-83-58(74)94-38-43-47(101-61(77)86-30-14-4)48(102-62(78)87-31-15-5)51(98-55-52(105-65(81)90-34-18-8)49(103-63(79)88-32-16-6)45(99-59(75)84-28-12-2)41(96-55)36-92-44(73)26-25-39(10)72)54(95-43)93-37-42-46(100-60(76)85-29-13-3)50(104-64(80)89-33-17-7)53(106-66(82)91-35-19-9)56(97-42)107-57(67(68,69)70)71-40-23-21-20-22-24-40/h11-24,41-43,45-56H,1-9,25-38H2,10H3/t41-,42-,43-,45-,46+,47+,48+,49+,50+,51-,52+,53-,54+,55-,56?/m1/s1. The molecule has 3 heterocycles. The van der Waals surface area contributed by atoms with Crippen molar-refractivity contribution in [3.05, 3.63) is 144 Å². The van der Waals surface area contributed by atoms with E-state index in [1.165, 1.54) is 18.2 Å². The van der Waals surface area contributed by atoms with Gasteiger partial charge in [0.05, 0.1) is 18.7 Å². The van der Waals surface area contributed by atoms with Crippen molar-refractivity contribution in [1.29, 1.82) is 0 Å². The fraction of sp³-hybridized carbons (Fsp3) is 0.463. The van der Waals surface area contributed by atoms with Gasteiger partial charge >= 0.3 is 67.5 Å². The average molecular weight is 1530 g/mol. The highest BCUT2D eigenvalue weighted by Gasteiger charge is 2.61. The molecule has 107 heavy (non-hydrogen) atoms. The second-order valence-electron chi connectivity index (χ2n) is 20.9. The van der Waals surface area contributed by atoms with E-state index in [1.807, 2.05) is 0 Å². The van der Waals surface area contributed by atoms with Crippen LogP contribution in [0, 0.1) is 0 Å². The van der Waals surface area contributed by atoms with Gasteiger partial charge in [0.2, 0.25) is 12.4 Å². The minimum absolute atomic E-state index is 0.391. The minimum atomic E-state index is -5.62. The van der Waals surface area contributed by atoms with Crippen molar-refractivity contribution in [2.45, 2.75) is 118 Å². The molecule has 3 fully saturated rings. The molecule has 3 aliphatic heterocycles. The molecule has 0 aliphatic carbocycles. The number of ether oxygens (including phenoxy) is 25. The number of carbonyl (C=O) groups excluding carboxylic acids is 11. The molecule has 0 spiro atoms. The number of rotatable bonds is 40. The molecule has 4 rings (SSSR count). The van der Waals surface area contributed by atoms with E-state index in [2.05, 4.69) is 64.2 Å². The first kappa shape index (κ1) is 87.9. The van der Waals surface area contributed by atoms with Crippen molar-refractivity contribution in [2.75, 3.05) is 79.3 Å². The first-order valence-corrected chi connectivity index (χ1v) is 31.5. The van der Waals surface area contributed by atoms with E-state index in [4.69, 9.17) is 118 Å². The summed E-state index contributed by atoms with van der Waals surface area (Å²) in [6.45, 7) is 22.8. The van der Waals surface area contributed by atoms with Gasteiger partial charge in [0.15, 0.2) is 61.4 Å². The number of hydrogen-bond acceptors (Lipinski definition) is 37. The van der Waals surface area contributed by atoms with E-state index >= 15 is 13.2 Å². The Morgan fingerprint density at radius 1 is 0.364 bits per heavy atom. The van der Waals surface area contributed by atoms with Crippen LogP contribution in [0.25, 0.3) is 0 Å². The number of halogens is 3. The van der Waals surface area contributed by atoms with Crippen molar-refractivity contribution in [3.8, 4) is 0 Å². The third-order valence-corrected chi connectivity index (χ3v) is 13.1. The summed E-state index contributed by atoms with van der Waals surface area (Å²) >= 11 is 0. The molecular formula is C67H78F3NO36. The summed E-state index contributed by atoms with van der Waals surface area (Å²) < 4.78 is 185. The number of para-hydroxylation sites is 1. The number of alkyl halides is 3. The van der Waals surface area contributed by atoms with Gasteiger partial charge in [-0.05, 0) is 19.1 Å². The first-order valence-electron chi connectivity index (χ1n) is 31.5. The summed E-state index contributed by atoms with van der Waals surface area (Å²) in [5, 5.41) is 0. The van der Waals surface area contributed by atoms with Gasteiger partial charge in [-0.2, -0.15) is 13.2 Å². The lowest BCUT2D eigenvalue weighted by molar-refractivity contribution is -0.372. The fourth-order valence-electron chi connectivity index (χ4n) is 8.85. The minimum Gasteiger partial charge on any atom is -0.463 e. The smallest absolute Gasteiger partial charge is 0.463 e. The molecule has 1 unspecified atom stereocenters. The topological polar surface area (TPSA) is 431 Å². The molecule has 0 radical (unpaired) electrons. The van der Waals surface area contributed by atoms with E-state index < -0.39 is 269 Å². The van der Waals surface area contributed by atoms with E-state index in [0.717, 1.165) is 73.7 Å². The lowest BCUT2D eigenvalue weighted by Gasteiger charge is -2.48. The molecule has 1 aromatic rings. The van der Waals surface area contributed by atoms with Crippen molar-refractivity contribution >= 4 is 78.7 Å². The van der Waals surface area contributed by atoms with E-state index in [0.29, 0.717) is 0 Å². The highest BCUT2D eigenvalue weighted by molar-refractivity contribution is 5.84. The molecule has 3 aliphatic rings. The van der Waals surface area contributed by atoms with E-state index in [9.17, 15) is 52.7 Å². The van der Waals surface area contributed by atoms with Crippen molar-refractivity contribution in [2.24, 2.45) is 4.99 Å². The molecule has 0 saturated carbocycles. The quantitative estimate of drug-likeness (QED) is 0.0195. The van der Waals surface area contributed by atoms with Crippen LogP contribution in [-0.4, -0.2) is 251 Å². The Bertz CT molecular complexity index is 3250. The monoisotopic (exact) mass is 1530 g/mol.